The molecule has 0 fully saturated rings. The predicted octanol–water partition coefficient (Wildman–Crippen LogP) is 7.67. The Balaban J connectivity index is 1.73. The van der Waals surface area contributed by atoms with Crippen LogP contribution in [0.1, 0.15) is 44.5 Å². The van der Waals surface area contributed by atoms with Crippen molar-refractivity contribution in [3.8, 4) is 0 Å². The van der Waals surface area contributed by atoms with Crippen LogP contribution in [0.5, 0.6) is 0 Å². The smallest absolute Gasteiger partial charge is 0.245 e. The Morgan fingerprint density at radius 1 is 0.452 bits per heavy atom. The Bertz CT molecular complexity index is 1630. The van der Waals surface area contributed by atoms with Crippen LogP contribution in [0.15, 0.2) is 83.6 Å². The summed E-state index contributed by atoms with van der Waals surface area (Å²) < 4.78 is 4.22. The number of anilines is 2. The average molecular weight is 557 g/mol. The first-order valence-corrected chi connectivity index (χ1v) is 14.3. The minimum Gasteiger partial charge on any atom is -0.354 e. The average Bonchev–Trinajstić information content (AvgIpc) is 2.91. The second-order valence-electron chi connectivity index (χ2n) is 11.4. The minimum absolute atomic E-state index is 0.857. The Labute approximate surface area is 249 Å². The van der Waals surface area contributed by atoms with Gasteiger partial charge in [-0.05, 0) is 114 Å². The molecular weight excluding hydrogens is 516 g/mol. The van der Waals surface area contributed by atoms with Gasteiger partial charge in [0.05, 0.1) is 35.1 Å². The largest absolute Gasteiger partial charge is 0.354 e. The topological polar surface area (TPSA) is 56.5 Å². The predicted molar refractivity (Wildman–Crippen MR) is 176 cm³/mol. The lowest BCUT2D eigenvalue weighted by molar-refractivity contribution is -0.576. The quantitative estimate of drug-likeness (QED) is 0.249. The number of pyridine rings is 2. The number of fused-ring (bicyclic) bond motifs is 2. The Kier molecular flexibility index (Phi) is 8.16. The van der Waals surface area contributed by atoms with Crippen molar-refractivity contribution in [2.24, 2.45) is 9.98 Å². The second-order valence-corrected chi connectivity index (χ2v) is 11.4. The highest BCUT2D eigenvalue weighted by Gasteiger charge is 2.15. The van der Waals surface area contributed by atoms with Crippen LogP contribution in [0.4, 0.5) is 22.7 Å². The first-order valence-electron chi connectivity index (χ1n) is 14.3. The van der Waals surface area contributed by atoms with Crippen molar-refractivity contribution >= 4 is 46.6 Å². The van der Waals surface area contributed by atoms with E-state index in [2.05, 4.69) is 136 Å². The maximum atomic E-state index is 5.02. The molecule has 5 rings (SSSR count). The van der Waals surface area contributed by atoms with E-state index in [4.69, 9.17) is 9.98 Å². The van der Waals surface area contributed by atoms with Crippen LogP contribution in [-0.4, -0.2) is 12.4 Å². The van der Waals surface area contributed by atoms with Gasteiger partial charge in [-0.3, -0.25) is 0 Å². The molecule has 2 aromatic carbocycles. The van der Waals surface area contributed by atoms with E-state index in [-0.39, 0.29) is 0 Å². The van der Waals surface area contributed by atoms with Crippen molar-refractivity contribution in [2.45, 2.75) is 55.4 Å². The molecule has 6 nitrogen and oxygen atoms in total. The lowest BCUT2D eigenvalue weighted by atomic mass is 10.1. The van der Waals surface area contributed by atoms with E-state index in [9.17, 15) is 0 Å². The number of rotatable bonds is 2. The summed E-state index contributed by atoms with van der Waals surface area (Å²) in [6.07, 6.45) is 16.3. The molecule has 3 heterocycles. The van der Waals surface area contributed by atoms with E-state index in [1.807, 2.05) is 24.8 Å². The van der Waals surface area contributed by atoms with Gasteiger partial charge in [-0.1, -0.05) is 0 Å². The lowest BCUT2D eigenvalue weighted by Crippen LogP contribution is -2.34. The molecule has 212 valence electrons. The fourth-order valence-electron chi connectivity index (χ4n) is 5.10. The molecule has 0 unspecified atom stereocenters. The SMILES string of the molecule is Cc1cc(C)c[n+](/C2=C/Nc3cc(C)c(C)cc3N=C/C([n+]3cc(C)cc(C)c3)=C\Nc3cc(C)c(C)cc3N=C2)c1. The molecule has 0 atom stereocenters. The molecule has 0 bridgehead atoms. The van der Waals surface area contributed by atoms with Gasteiger partial charge in [-0.2, -0.15) is 9.13 Å². The summed E-state index contributed by atoms with van der Waals surface area (Å²) in [5.41, 5.74) is 14.8. The van der Waals surface area contributed by atoms with Gasteiger partial charge in [0.25, 0.3) is 0 Å². The number of hydrogen-bond donors (Lipinski definition) is 2. The molecule has 0 amide bonds. The van der Waals surface area contributed by atoms with Crippen molar-refractivity contribution in [2.75, 3.05) is 10.6 Å². The first kappa shape index (κ1) is 28.7. The standard InChI is InChI=1S/C36H40N6/c1-23-9-24(2)20-41(19-23)31-15-37-33-11-27(5)29(7)13-35(33)39-17-32(42-21-25(3)10-26(4)22-42)18-40-36-14-30(8)28(6)12-34(36)38-16-31/h9-22,37,40H,1-8H3/q+2/b31-15+,32-18+,38-16?,39-17?. The van der Waals surface area contributed by atoms with Crippen LogP contribution in [0.3, 0.4) is 0 Å². The Morgan fingerprint density at radius 2 is 0.786 bits per heavy atom. The Morgan fingerprint density at radius 3 is 1.14 bits per heavy atom. The van der Waals surface area contributed by atoms with Crippen molar-refractivity contribution in [1.82, 2.24) is 0 Å². The molecule has 6 heteroatoms. The second kappa shape index (κ2) is 12.0. The molecule has 2 aromatic heterocycles. The van der Waals surface area contributed by atoms with Crippen LogP contribution >= 0.6 is 0 Å². The van der Waals surface area contributed by atoms with Gasteiger partial charge in [0.15, 0.2) is 24.8 Å². The summed E-state index contributed by atoms with van der Waals surface area (Å²) >= 11 is 0. The van der Waals surface area contributed by atoms with Crippen molar-refractivity contribution in [3.05, 3.63) is 118 Å². The summed E-state index contributed by atoms with van der Waals surface area (Å²) in [4.78, 5) is 10.0. The molecular formula is C36H40N6+2. The number of aliphatic imine (C=N–C) groups is 2. The molecule has 2 N–H and O–H groups in total. The van der Waals surface area contributed by atoms with E-state index in [1.165, 1.54) is 44.5 Å². The van der Waals surface area contributed by atoms with Crippen molar-refractivity contribution < 1.29 is 9.13 Å². The molecule has 0 radical (unpaired) electrons. The van der Waals surface area contributed by atoms with Crippen LogP contribution < -0.4 is 19.8 Å². The normalized spacial score (nSPS) is 15.7. The summed E-state index contributed by atoms with van der Waals surface area (Å²) in [5, 5.41) is 7.12. The van der Waals surface area contributed by atoms with E-state index in [1.54, 1.807) is 0 Å². The lowest BCUT2D eigenvalue weighted by Gasteiger charge is -2.12. The number of benzene rings is 2. The summed E-state index contributed by atoms with van der Waals surface area (Å²) in [7, 11) is 0. The molecule has 0 saturated heterocycles. The molecule has 42 heavy (non-hydrogen) atoms. The molecule has 0 spiro atoms. The third-order valence-electron chi connectivity index (χ3n) is 7.52. The van der Waals surface area contributed by atoms with Gasteiger partial charge in [0, 0.05) is 22.3 Å². The maximum Gasteiger partial charge on any atom is 0.245 e. The monoisotopic (exact) mass is 556 g/mol. The highest BCUT2D eigenvalue weighted by molar-refractivity contribution is 6.02. The van der Waals surface area contributed by atoms with Gasteiger partial charge in [0.1, 0.15) is 12.4 Å². The number of nitrogens with one attached hydrogen (secondary N) is 2. The third kappa shape index (κ3) is 6.55. The van der Waals surface area contributed by atoms with Crippen LogP contribution in [0, 0.1) is 55.4 Å². The van der Waals surface area contributed by atoms with Gasteiger partial charge in [0.2, 0.25) is 11.4 Å². The van der Waals surface area contributed by atoms with Crippen molar-refractivity contribution in [3.63, 3.8) is 0 Å². The van der Waals surface area contributed by atoms with Crippen molar-refractivity contribution in [1.29, 1.82) is 0 Å². The third-order valence-corrected chi connectivity index (χ3v) is 7.52. The molecule has 1 aliphatic rings. The van der Waals surface area contributed by atoms with E-state index in [0.29, 0.717) is 0 Å². The molecule has 4 aromatic rings. The van der Waals surface area contributed by atoms with Gasteiger partial charge < -0.3 is 10.6 Å². The van der Waals surface area contributed by atoms with E-state index < -0.39 is 0 Å². The van der Waals surface area contributed by atoms with Gasteiger partial charge in [-0.25, -0.2) is 9.98 Å². The highest BCUT2D eigenvalue weighted by Crippen LogP contribution is 2.31. The molecule has 1 aliphatic heterocycles. The Hall–Kier alpha value is -4.84. The summed E-state index contributed by atoms with van der Waals surface area (Å²) in [5.74, 6) is 0. The zero-order valence-electron chi connectivity index (χ0n) is 25.9. The number of hydrogen-bond acceptors (Lipinski definition) is 4. The van der Waals surface area contributed by atoms with Crippen LogP contribution in [0.25, 0.3) is 11.4 Å². The fourth-order valence-corrected chi connectivity index (χ4v) is 5.10. The van der Waals surface area contributed by atoms with E-state index >= 15 is 0 Å². The fraction of sp³-hybridized carbons (Fsp3) is 0.222. The zero-order valence-corrected chi connectivity index (χ0v) is 25.9. The maximum absolute atomic E-state index is 5.02. The highest BCUT2D eigenvalue weighted by atomic mass is 15.0. The number of nitrogens with zero attached hydrogens (tertiary/aromatic N) is 4. The summed E-state index contributed by atoms with van der Waals surface area (Å²) in [6.45, 7) is 16.9. The van der Waals surface area contributed by atoms with Crippen LogP contribution in [-0.2, 0) is 0 Å². The number of aryl methyl sites for hydroxylation is 8. The van der Waals surface area contributed by atoms with Gasteiger partial charge >= 0.3 is 0 Å². The van der Waals surface area contributed by atoms with Gasteiger partial charge in [-0.15, -0.1) is 0 Å². The summed E-state index contributed by atoms with van der Waals surface area (Å²) in [6, 6.07) is 12.9. The molecule has 0 saturated carbocycles. The first-order chi connectivity index (χ1) is 20.0. The van der Waals surface area contributed by atoms with E-state index in [0.717, 1.165) is 34.1 Å². The van der Waals surface area contributed by atoms with Crippen LogP contribution in [0.2, 0.25) is 0 Å². The molecule has 0 aliphatic carbocycles. The number of allylic oxidation sites excluding steroid dienone is 2. The minimum atomic E-state index is 0.857. The number of aromatic nitrogens is 2. The zero-order chi connectivity index (χ0) is 30.0.